The second-order valence-corrected chi connectivity index (χ2v) is 3.93. The van der Waals surface area contributed by atoms with Crippen molar-refractivity contribution in [1.29, 1.82) is 31.6 Å². The van der Waals surface area contributed by atoms with E-state index < -0.39 is 0 Å². The topological polar surface area (TPSA) is 143 Å². The summed E-state index contributed by atoms with van der Waals surface area (Å²) in [7, 11) is 0. The van der Waals surface area contributed by atoms with Crippen molar-refractivity contribution >= 4 is 0 Å². The van der Waals surface area contributed by atoms with Gasteiger partial charge in [0, 0.05) is 0 Å². The van der Waals surface area contributed by atoms with E-state index >= 15 is 0 Å². The number of rotatable bonds is 0. The van der Waals surface area contributed by atoms with Crippen LogP contribution in [0.3, 0.4) is 0 Å². The minimum atomic E-state index is -0.319. The summed E-state index contributed by atoms with van der Waals surface area (Å²) in [5.41, 5.74) is 0. The van der Waals surface area contributed by atoms with Crippen molar-refractivity contribution in [2.24, 2.45) is 35.5 Å². The van der Waals surface area contributed by atoms with Gasteiger partial charge in [0.25, 0.3) is 0 Å². The van der Waals surface area contributed by atoms with Crippen LogP contribution in [-0.4, -0.2) is 0 Å². The second kappa shape index (κ2) is 5.32. The Bertz CT molecular complexity index is 429. The monoisotopic (exact) mass is 234 g/mol. The largest absolute Gasteiger partial charge is 0.198 e. The quantitative estimate of drug-likeness (QED) is 0.607. The highest BCUT2D eigenvalue weighted by Gasteiger charge is 2.52. The third-order valence-electron chi connectivity index (χ3n) is 2.93. The van der Waals surface area contributed by atoms with Gasteiger partial charge in [0.15, 0.2) is 0 Å². The van der Waals surface area contributed by atoms with Gasteiger partial charge in [-0.3, -0.25) is 0 Å². The van der Waals surface area contributed by atoms with Gasteiger partial charge in [-0.25, -0.2) is 0 Å². The lowest BCUT2D eigenvalue weighted by Crippen LogP contribution is -1.67. The normalized spacial score (nSPS) is 37.7. The third kappa shape index (κ3) is 2.20. The van der Waals surface area contributed by atoms with E-state index in [1.807, 2.05) is 36.4 Å². The number of hydrogen-bond acceptors (Lipinski definition) is 6. The van der Waals surface area contributed by atoms with E-state index in [2.05, 4.69) is 0 Å². The summed E-state index contributed by atoms with van der Waals surface area (Å²) in [6.07, 6.45) is 0. The SMILES string of the molecule is N#CC1C(C#N)C1C#N.N#CC1C(C#N)C1C#N. The average molecular weight is 234 g/mol. The molecule has 0 amide bonds. The molecule has 84 valence electrons. The molecule has 0 unspecified atom stereocenters. The van der Waals surface area contributed by atoms with Crippen LogP contribution < -0.4 is 0 Å². The molecule has 18 heavy (non-hydrogen) atoms. The average Bonchev–Trinajstić information content (AvgIpc) is 3.29. The van der Waals surface area contributed by atoms with Crippen molar-refractivity contribution < 1.29 is 0 Å². The Morgan fingerprint density at radius 3 is 0.500 bits per heavy atom. The van der Waals surface area contributed by atoms with Crippen LogP contribution in [0.2, 0.25) is 0 Å². The van der Waals surface area contributed by atoms with Crippen LogP contribution in [0.4, 0.5) is 0 Å². The molecule has 0 N–H and O–H groups in total. The summed E-state index contributed by atoms with van der Waals surface area (Å²) in [6, 6.07) is 11.4. The molecule has 6 heteroatoms. The summed E-state index contributed by atoms with van der Waals surface area (Å²) in [6.45, 7) is 0. The second-order valence-electron chi connectivity index (χ2n) is 3.93. The van der Waals surface area contributed by atoms with Crippen molar-refractivity contribution in [2.75, 3.05) is 0 Å². The van der Waals surface area contributed by atoms with Crippen molar-refractivity contribution in [3.63, 3.8) is 0 Å². The van der Waals surface area contributed by atoms with Crippen LogP contribution in [0.15, 0.2) is 0 Å². The molecule has 2 fully saturated rings. The van der Waals surface area contributed by atoms with Gasteiger partial charge in [0.2, 0.25) is 0 Å². The van der Waals surface area contributed by atoms with E-state index in [-0.39, 0.29) is 35.5 Å². The molecule has 0 aromatic carbocycles. The van der Waals surface area contributed by atoms with Crippen molar-refractivity contribution in [1.82, 2.24) is 0 Å². The Balaban J connectivity index is 0.000000180. The molecule has 2 rings (SSSR count). The van der Waals surface area contributed by atoms with Gasteiger partial charge in [-0.05, 0) is 0 Å². The fraction of sp³-hybridized carbons (Fsp3) is 0.500. The van der Waals surface area contributed by atoms with E-state index in [9.17, 15) is 0 Å². The fourth-order valence-corrected chi connectivity index (χ4v) is 1.59. The summed E-state index contributed by atoms with van der Waals surface area (Å²) < 4.78 is 0. The highest BCUT2D eigenvalue weighted by atomic mass is 14.6. The summed E-state index contributed by atoms with van der Waals surface area (Å²) in [5.74, 6) is -1.92. The Hall–Kier alpha value is -3.06. The molecule has 0 aromatic rings. The molecule has 6 nitrogen and oxygen atoms in total. The van der Waals surface area contributed by atoms with Crippen molar-refractivity contribution in [2.45, 2.75) is 0 Å². The standard InChI is InChI=1S/2C6H3N3/c2*7-1-4-5(2-8)6(4)3-9/h2*4-6H. The zero-order valence-electron chi connectivity index (χ0n) is 9.15. The Kier molecular flexibility index (Phi) is 3.85. The van der Waals surface area contributed by atoms with Crippen LogP contribution in [0, 0.1) is 103 Å². The molecular formula is C12H6N6. The zero-order valence-corrected chi connectivity index (χ0v) is 9.15. The van der Waals surface area contributed by atoms with Crippen LogP contribution in [0.25, 0.3) is 0 Å². The molecule has 0 bridgehead atoms. The van der Waals surface area contributed by atoms with Gasteiger partial charge in [-0.1, -0.05) is 0 Å². The van der Waals surface area contributed by atoms with E-state index in [0.717, 1.165) is 0 Å². The van der Waals surface area contributed by atoms with E-state index in [1.165, 1.54) is 0 Å². The van der Waals surface area contributed by atoms with Gasteiger partial charge in [0.05, 0.1) is 71.9 Å². The Morgan fingerprint density at radius 1 is 0.333 bits per heavy atom. The Morgan fingerprint density at radius 2 is 0.444 bits per heavy atom. The molecule has 2 aliphatic rings. The van der Waals surface area contributed by atoms with Crippen LogP contribution in [0.5, 0.6) is 0 Å². The first-order valence-corrected chi connectivity index (χ1v) is 5.07. The summed E-state index contributed by atoms with van der Waals surface area (Å²) in [4.78, 5) is 0. The lowest BCUT2D eigenvalue weighted by Gasteiger charge is -1.61. The molecule has 0 radical (unpaired) electrons. The lowest BCUT2D eigenvalue weighted by molar-refractivity contribution is 1.02. The van der Waals surface area contributed by atoms with Crippen molar-refractivity contribution in [3.05, 3.63) is 0 Å². The molecule has 0 aromatic heterocycles. The smallest absolute Gasteiger partial charge is 0.0806 e. The third-order valence-corrected chi connectivity index (χ3v) is 2.93. The predicted octanol–water partition coefficient (Wildman–Crippen LogP) is 0.839. The number of hydrogen-bond donors (Lipinski definition) is 0. The summed E-state index contributed by atoms with van der Waals surface area (Å²) >= 11 is 0. The van der Waals surface area contributed by atoms with Crippen LogP contribution in [0.1, 0.15) is 0 Å². The minimum absolute atomic E-state index is 0.319. The molecule has 2 saturated carbocycles. The maximum absolute atomic E-state index is 8.26. The van der Waals surface area contributed by atoms with Gasteiger partial charge in [-0.15, -0.1) is 0 Å². The van der Waals surface area contributed by atoms with Crippen molar-refractivity contribution in [3.8, 4) is 36.4 Å². The maximum Gasteiger partial charge on any atom is 0.0806 e. The summed E-state index contributed by atoms with van der Waals surface area (Å²) in [5, 5.41) is 49.5. The predicted molar refractivity (Wildman–Crippen MR) is 54.6 cm³/mol. The first-order valence-electron chi connectivity index (χ1n) is 5.07. The molecule has 2 aliphatic carbocycles. The van der Waals surface area contributed by atoms with E-state index in [4.69, 9.17) is 31.6 Å². The maximum atomic E-state index is 8.26. The van der Waals surface area contributed by atoms with Gasteiger partial charge < -0.3 is 0 Å². The molecule has 0 aliphatic heterocycles. The van der Waals surface area contributed by atoms with Gasteiger partial charge >= 0.3 is 0 Å². The van der Waals surface area contributed by atoms with Gasteiger partial charge in [0.1, 0.15) is 0 Å². The number of nitriles is 6. The highest BCUT2D eigenvalue weighted by molar-refractivity contribution is 5.24. The Labute approximate surface area is 104 Å². The highest BCUT2D eigenvalue weighted by Crippen LogP contribution is 2.44. The lowest BCUT2D eigenvalue weighted by atomic mass is 10.4. The fourth-order valence-electron chi connectivity index (χ4n) is 1.59. The molecule has 0 spiro atoms. The molecule has 0 atom stereocenters. The first-order chi connectivity index (χ1) is 8.69. The zero-order chi connectivity index (χ0) is 13.7. The molecule has 0 saturated heterocycles. The minimum Gasteiger partial charge on any atom is -0.198 e. The van der Waals surface area contributed by atoms with E-state index in [1.54, 1.807) is 0 Å². The molecular weight excluding hydrogens is 228 g/mol. The first kappa shape index (κ1) is 13.0. The van der Waals surface area contributed by atoms with E-state index in [0.29, 0.717) is 0 Å². The number of nitrogens with zero attached hydrogens (tertiary/aromatic N) is 6. The van der Waals surface area contributed by atoms with Gasteiger partial charge in [-0.2, -0.15) is 31.6 Å². The van der Waals surface area contributed by atoms with Crippen LogP contribution >= 0.6 is 0 Å². The van der Waals surface area contributed by atoms with Crippen LogP contribution in [-0.2, 0) is 0 Å². The molecule has 0 heterocycles.